The molecule has 0 spiro atoms. The molecule has 0 radical (unpaired) electrons. The van der Waals surface area contributed by atoms with Crippen molar-refractivity contribution in [2.45, 2.75) is 30.7 Å². The van der Waals surface area contributed by atoms with Crippen LogP contribution in [-0.4, -0.2) is 75.1 Å². The van der Waals surface area contributed by atoms with Crippen molar-refractivity contribution >= 4 is 11.0 Å². The maximum absolute atomic E-state index is 13.1. The first kappa shape index (κ1) is 22.8. The number of rotatable bonds is 5. The first-order valence-electron chi connectivity index (χ1n) is 9.88. The van der Waals surface area contributed by atoms with E-state index in [1.165, 1.54) is 43.7 Å². The number of aliphatic hydroxyl groups is 4. The fraction of sp³-hybridized carbons (Fsp3) is 0.318. The van der Waals surface area contributed by atoms with E-state index >= 15 is 0 Å². The number of fused-ring (bicyclic) bond motifs is 1. The molecule has 176 valence electrons. The molecule has 2 aromatic carbocycles. The first-order valence-corrected chi connectivity index (χ1v) is 9.88. The number of ether oxygens (including phenoxy) is 3. The molecule has 33 heavy (non-hydrogen) atoms. The first-order chi connectivity index (χ1) is 15.8. The number of phenolic OH excluding ortho intramolecular Hbond substituents is 2. The molecule has 1 aliphatic heterocycles. The molecule has 0 aliphatic carbocycles. The summed E-state index contributed by atoms with van der Waals surface area (Å²) in [5.41, 5.74) is -0.0662. The zero-order chi connectivity index (χ0) is 23.9. The van der Waals surface area contributed by atoms with Crippen molar-refractivity contribution in [1.82, 2.24) is 0 Å². The monoisotopic (exact) mass is 462 g/mol. The second-order valence-electron chi connectivity index (χ2n) is 7.47. The second kappa shape index (κ2) is 8.89. The summed E-state index contributed by atoms with van der Waals surface area (Å²) in [6.07, 6.45) is -6.52. The van der Waals surface area contributed by atoms with Crippen LogP contribution in [0.1, 0.15) is 0 Å². The van der Waals surface area contributed by atoms with Gasteiger partial charge in [-0.15, -0.1) is 0 Å². The minimum atomic E-state index is -1.70. The SMILES string of the molecule is COc1c(O[C@H]2O[C@@H](CO)[C@H](O)[C@@H](O)[C@@H]2O)cc2occ(-c3ccc(O)cc3)c(=O)c2c1O. The Kier molecular flexibility index (Phi) is 6.15. The summed E-state index contributed by atoms with van der Waals surface area (Å²) in [5.74, 6) is -1.03. The molecule has 11 nitrogen and oxygen atoms in total. The number of methoxy groups -OCH3 is 1. The van der Waals surface area contributed by atoms with Gasteiger partial charge in [-0.05, 0) is 17.7 Å². The lowest BCUT2D eigenvalue weighted by atomic mass is 9.99. The van der Waals surface area contributed by atoms with E-state index in [4.69, 9.17) is 18.6 Å². The Morgan fingerprint density at radius 1 is 1.03 bits per heavy atom. The predicted molar refractivity (Wildman–Crippen MR) is 112 cm³/mol. The van der Waals surface area contributed by atoms with Gasteiger partial charge in [-0.3, -0.25) is 4.79 Å². The molecule has 6 N–H and O–H groups in total. The topological polar surface area (TPSA) is 179 Å². The Bertz CT molecular complexity index is 1200. The van der Waals surface area contributed by atoms with Crippen molar-refractivity contribution in [1.29, 1.82) is 0 Å². The van der Waals surface area contributed by atoms with Crippen molar-refractivity contribution in [2.75, 3.05) is 13.7 Å². The zero-order valence-electron chi connectivity index (χ0n) is 17.3. The third kappa shape index (κ3) is 3.96. The Hall–Kier alpha value is -3.35. The molecule has 0 amide bonds. The molecule has 1 saturated heterocycles. The molecule has 3 aromatic rings. The van der Waals surface area contributed by atoms with Gasteiger partial charge in [-0.2, -0.15) is 0 Å². The van der Waals surface area contributed by atoms with Crippen LogP contribution in [0.5, 0.6) is 23.0 Å². The third-order valence-corrected chi connectivity index (χ3v) is 5.43. The highest BCUT2D eigenvalue weighted by molar-refractivity contribution is 5.91. The van der Waals surface area contributed by atoms with Crippen LogP contribution in [-0.2, 0) is 4.74 Å². The van der Waals surface area contributed by atoms with E-state index in [9.17, 15) is 35.4 Å². The van der Waals surface area contributed by atoms with Gasteiger partial charge in [-0.25, -0.2) is 0 Å². The maximum atomic E-state index is 13.1. The van der Waals surface area contributed by atoms with Crippen LogP contribution in [0.25, 0.3) is 22.1 Å². The number of phenols is 2. The molecule has 5 atom stereocenters. The summed E-state index contributed by atoms with van der Waals surface area (Å²) in [6, 6.07) is 7.06. The molecular formula is C22H22O11. The molecule has 0 saturated carbocycles. The average molecular weight is 462 g/mol. The van der Waals surface area contributed by atoms with Gasteiger partial charge in [0.1, 0.15) is 47.4 Å². The van der Waals surface area contributed by atoms with Crippen molar-refractivity contribution in [3.05, 3.63) is 46.8 Å². The van der Waals surface area contributed by atoms with Crippen LogP contribution in [0.15, 0.2) is 45.8 Å². The Balaban J connectivity index is 1.77. The average Bonchev–Trinajstić information content (AvgIpc) is 2.80. The van der Waals surface area contributed by atoms with Crippen LogP contribution in [0.3, 0.4) is 0 Å². The van der Waals surface area contributed by atoms with Crippen LogP contribution >= 0.6 is 0 Å². The number of aromatic hydroxyl groups is 2. The largest absolute Gasteiger partial charge is 0.508 e. The van der Waals surface area contributed by atoms with Gasteiger partial charge in [0.15, 0.2) is 11.5 Å². The van der Waals surface area contributed by atoms with Crippen LogP contribution in [0.2, 0.25) is 0 Å². The smallest absolute Gasteiger partial charge is 0.229 e. The van der Waals surface area contributed by atoms with Crippen LogP contribution < -0.4 is 14.9 Å². The molecule has 0 bridgehead atoms. The van der Waals surface area contributed by atoms with E-state index in [0.717, 1.165) is 0 Å². The standard InChI is InChI=1S/C22H22O11/c1-30-21-13(32-22-20(29)19(28)17(26)14(7-23)33-22)6-12-15(18(21)27)16(25)11(8-31-12)9-2-4-10(24)5-3-9/h2-6,8,14,17,19-20,22-24,26-29H,7H2,1H3/t14-,17-,19+,20-,22-/m0/s1. The maximum Gasteiger partial charge on any atom is 0.229 e. The van der Waals surface area contributed by atoms with Crippen molar-refractivity contribution < 1.29 is 49.3 Å². The lowest BCUT2D eigenvalue weighted by molar-refractivity contribution is -0.277. The lowest BCUT2D eigenvalue weighted by Crippen LogP contribution is -2.60. The van der Waals surface area contributed by atoms with Gasteiger partial charge < -0.3 is 49.3 Å². The molecule has 1 aromatic heterocycles. The fourth-order valence-corrected chi connectivity index (χ4v) is 3.64. The molecule has 1 fully saturated rings. The van der Waals surface area contributed by atoms with Gasteiger partial charge in [0.05, 0.1) is 19.3 Å². The van der Waals surface area contributed by atoms with Crippen LogP contribution in [0, 0.1) is 0 Å². The van der Waals surface area contributed by atoms with Gasteiger partial charge >= 0.3 is 0 Å². The Morgan fingerprint density at radius 2 is 1.73 bits per heavy atom. The number of aliphatic hydroxyl groups excluding tert-OH is 4. The normalized spacial score (nSPS) is 25.2. The lowest BCUT2D eigenvalue weighted by Gasteiger charge is -2.39. The van der Waals surface area contributed by atoms with Crippen molar-refractivity contribution in [3.8, 4) is 34.1 Å². The molecular weight excluding hydrogens is 440 g/mol. The van der Waals surface area contributed by atoms with E-state index in [-0.39, 0.29) is 33.8 Å². The molecule has 2 heterocycles. The van der Waals surface area contributed by atoms with E-state index in [1.54, 1.807) is 0 Å². The second-order valence-corrected chi connectivity index (χ2v) is 7.47. The quantitative estimate of drug-likeness (QED) is 0.302. The van der Waals surface area contributed by atoms with Gasteiger partial charge in [0, 0.05) is 6.07 Å². The number of benzene rings is 2. The summed E-state index contributed by atoms with van der Waals surface area (Å²) < 4.78 is 21.6. The Morgan fingerprint density at radius 3 is 2.36 bits per heavy atom. The summed E-state index contributed by atoms with van der Waals surface area (Å²) >= 11 is 0. The summed E-state index contributed by atoms with van der Waals surface area (Å²) in [4.78, 5) is 13.1. The fourth-order valence-electron chi connectivity index (χ4n) is 3.64. The highest BCUT2D eigenvalue weighted by Gasteiger charge is 2.45. The number of hydrogen-bond acceptors (Lipinski definition) is 11. The number of hydrogen-bond donors (Lipinski definition) is 6. The van der Waals surface area contributed by atoms with E-state index < -0.39 is 48.5 Å². The summed E-state index contributed by atoms with van der Waals surface area (Å²) in [7, 11) is 1.21. The molecule has 0 unspecified atom stereocenters. The Labute approximate surface area is 186 Å². The van der Waals surface area contributed by atoms with Crippen LogP contribution in [0.4, 0.5) is 0 Å². The molecule has 11 heteroatoms. The highest BCUT2D eigenvalue weighted by atomic mass is 16.7. The van der Waals surface area contributed by atoms with E-state index in [2.05, 4.69) is 0 Å². The predicted octanol–water partition coefficient (Wildman–Crippen LogP) is 0.0585. The van der Waals surface area contributed by atoms with Gasteiger partial charge in [-0.1, -0.05) is 12.1 Å². The molecule has 1 aliphatic rings. The zero-order valence-corrected chi connectivity index (χ0v) is 17.3. The van der Waals surface area contributed by atoms with Gasteiger partial charge in [0.2, 0.25) is 17.5 Å². The summed E-state index contributed by atoms with van der Waals surface area (Å²) in [6.45, 7) is -0.653. The van der Waals surface area contributed by atoms with E-state index in [0.29, 0.717) is 5.56 Å². The van der Waals surface area contributed by atoms with Crippen molar-refractivity contribution in [3.63, 3.8) is 0 Å². The van der Waals surface area contributed by atoms with Crippen molar-refractivity contribution in [2.24, 2.45) is 0 Å². The summed E-state index contributed by atoms with van der Waals surface area (Å²) in [5, 5.41) is 59.5. The third-order valence-electron chi connectivity index (χ3n) is 5.43. The molecule has 4 rings (SSSR count). The minimum absolute atomic E-state index is 0.0171. The van der Waals surface area contributed by atoms with Gasteiger partial charge in [0.25, 0.3) is 0 Å². The highest BCUT2D eigenvalue weighted by Crippen LogP contribution is 2.43. The minimum Gasteiger partial charge on any atom is -0.508 e. The van der Waals surface area contributed by atoms with E-state index in [1.807, 2.05) is 0 Å².